The van der Waals surface area contributed by atoms with E-state index in [-0.39, 0.29) is 18.9 Å². The molecule has 1 N–H and O–H groups in total. The molecule has 3 atom stereocenters. The van der Waals surface area contributed by atoms with Gasteiger partial charge in [0.05, 0.1) is 18.1 Å². The van der Waals surface area contributed by atoms with Crippen LogP contribution in [0.2, 0.25) is 0 Å². The zero-order valence-corrected chi connectivity index (χ0v) is 9.96. The second kappa shape index (κ2) is 4.17. The lowest BCUT2D eigenvalue weighted by Gasteiger charge is -2.15. The second-order valence-corrected chi connectivity index (χ2v) is 4.65. The predicted molar refractivity (Wildman–Crippen MR) is 61.2 cm³/mol. The Bertz CT molecular complexity index is 484. The van der Waals surface area contributed by atoms with E-state index in [1.807, 2.05) is 6.92 Å². The first kappa shape index (κ1) is 11.3. The molecule has 96 valence electrons. The molecule has 2 aliphatic rings. The van der Waals surface area contributed by atoms with Gasteiger partial charge in [-0.3, -0.25) is 4.79 Å². The fraction of sp³-hybridized carbons (Fsp3) is 0.462. The molecule has 5 heteroatoms. The molecule has 1 saturated heterocycles. The van der Waals surface area contributed by atoms with Crippen molar-refractivity contribution >= 4 is 5.97 Å². The quantitative estimate of drug-likeness (QED) is 0.804. The number of hydrogen-bond donors (Lipinski definition) is 1. The van der Waals surface area contributed by atoms with Crippen molar-refractivity contribution in [3.05, 3.63) is 23.8 Å². The topological polar surface area (TPSA) is 65.0 Å². The molecule has 2 aliphatic heterocycles. The van der Waals surface area contributed by atoms with Gasteiger partial charge in [-0.05, 0) is 24.6 Å². The maximum Gasteiger partial charge on any atom is 0.312 e. The maximum atomic E-state index is 11.6. The monoisotopic (exact) mass is 250 g/mol. The van der Waals surface area contributed by atoms with Crippen LogP contribution in [0.15, 0.2) is 18.2 Å². The number of carbonyl (C=O) groups is 1. The summed E-state index contributed by atoms with van der Waals surface area (Å²) in [5.41, 5.74) is 0.648. The normalized spacial score (nSPS) is 27.1. The number of fused-ring (bicyclic) bond motifs is 1. The molecule has 1 aromatic rings. The SMILES string of the molecule is CC1CC(C(O)c2ccc3c(c2)OCO3)C(=O)O1. The summed E-state index contributed by atoms with van der Waals surface area (Å²) in [6.45, 7) is 2.02. The first-order valence-corrected chi connectivity index (χ1v) is 5.93. The highest BCUT2D eigenvalue weighted by Gasteiger charge is 2.38. The number of aliphatic hydroxyl groups is 1. The van der Waals surface area contributed by atoms with E-state index < -0.39 is 12.0 Å². The van der Waals surface area contributed by atoms with Crippen LogP contribution in [0, 0.1) is 5.92 Å². The molecule has 0 spiro atoms. The molecule has 0 amide bonds. The van der Waals surface area contributed by atoms with E-state index >= 15 is 0 Å². The number of carbonyl (C=O) groups excluding carboxylic acids is 1. The molecule has 0 aliphatic carbocycles. The lowest BCUT2D eigenvalue weighted by atomic mass is 9.93. The van der Waals surface area contributed by atoms with Crippen LogP contribution >= 0.6 is 0 Å². The van der Waals surface area contributed by atoms with Gasteiger partial charge in [-0.15, -0.1) is 0 Å². The van der Waals surface area contributed by atoms with Crippen LogP contribution in [-0.4, -0.2) is 24.0 Å². The maximum absolute atomic E-state index is 11.6. The van der Waals surface area contributed by atoms with Crippen molar-refractivity contribution in [1.29, 1.82) is 0 Å². The third-order valence-corrected chi connectivity index (χ3v) is 3.33. The van der Waals surface area contributed by atoms with E-state index in [0.29, 0.717) is 23.5 Å². The number of ether oxygens (including phenoxy) is 3. The zero-order valence-electron chi connectivity index (χ0n) is 9.96. The summed E-state index contributed by atoms with van der Waals surface area (Å²) in [6, 6.07) is 5.20. The van der Waals surface area contributed by atoms with Gasteiger partial charge in [0.25, 0.3) is 0 Å². The van der Waals surface area contributed by atoms with Crippen LogP contribution < -0.4 is 9.47 Å². The third kappa shape index (κ3) is 1.80. The largest absolute Gasteiger partial charge is 0.462 e. The summed E-state index contributed by atoms with van der Waals surface area (Å²) in [5.74, 6) is 0.423. The fourth-order valence-electron chi connectivity index (χ4n) is 2.37. The van der Waals surface area contributed by atoms with Gasteiger partial charge in [0, 0.05) is 6.42 Å². The number of cyclic esters (lactones) is 1. The van der Waals surface area contributed by atoms with E-state index in [1.54, 1.807) is 18.2 Å². The van der Waals surface area contributed by atoms with Crippen molar-refractivity contribution < 1.29 is 24.1 Å². The first-order valence-electron chi connectivity index (χ1n) is 5.93. The number of hydrogen-bond acceptors (Lipinski definition) is 5. The van der Waals surface area contributed by atoms with Gasteiger partial charge < -0.3 is 19.3 Å². The number of aliphatic hydroxyl groups excluding tert-OH is 1. The Morgan fingerprint density at radius 2 is 2.11 bits per heavy atom. The van der Waals surface area contributed by atoms with E-state index in [9.17, 15) is 9.90 Å². The Morgan fingerprint density at radius 1 is 1.33 bits per heavy atom. The standard InChI is InChI=1S/C13H14O5/c1-7-4-9(13(15)18-7)12(14)8-2-3-10-11(5-8)17-6-16-10/h2-3,5,7,9,12,14H,4,6H2,1H3. The Kier molecular flexibility index (Phi) is 2.63. The summed E-state index contributed by atoms with van der Waals surface area (Å²) >= 11 is 0. The van der Waals surface area contributed by atoms with E-state index in [0.717, 1.165) is 0 Å². The number of rotatable bonds is 2. The molecular weight excluding hydrogens is 236 g/mol. The van der Waals surface area contributed by atoms with Crippen LogP contribution in [0.4, 0.5) is 0 Å². The predicted octanol–water partition coefficient (Wildman–Crippen LogP) is 1.40. The minimum atomic E-state index is -0.864. The van der Waals surface area contributed by atoms with Gasteiger partial charge in [0.15, 0.2) is 11.5 Å². The van der Waals surface area contributed by atoms with Crippen molar-refractivity contribution in [3.8, 4) is 11.5 Å². The summed E-state index contributed by atoms with van der Waals surface area (Å²) in [4.78, 5) is 11.6. The van der Waals surface area contributed by atoms with Crippen molar-refractivity contribution in [3.63, 3.8) is 0 Å². The molecular formula is C13H14O5. The Balaban J connectivity index is 1.84. The summed E-state index contributed by atoms with van der Waals surface area (Å²) < 4.78 is 15.5. The highest BCUT2D eigenvalue weighted by molar-refractivity contribution is 5.75. The fourth-order valence-corrected chi connectivity index (χ4v) is 2.37. The molecule has 0 saturated carbocycles. The van der Waals surface area contributed by atoms with E-state index in [4.69, 9.17) is 14.2 Å². The summed E-state index contributed by atoms with van der Waals surface area (Å²) in [5, 5.41) is 10.2. The van der Waals surface area contributed by atoms with Crippen molar-refractivity contribution in [1.82, 2.24) is 0 Å². The van der Waals surface area contributed by atoms with Gasteiger partial charge in [0.1, 0.15) is 0 Å². The molecule has 0 bridgehead atoms. The summed E-state index contributed by atoms with van der Waals surface area (Å²) in [7, 11) is 0. The molecule has 0 radical (unpaired) electrons. The van der Waals surface area contributed by atoms with Crippen molar-refractivity contribution in [2.24, 2.45) is 5.92 Å². The van der Waals surface area contributed by atoms with Crippen LogP contribution in [0.25, 0.3) is 0 Å². The van der Waals surface area contributed by atoms with Crippen LogP contribution in [-0.2, 0) is 9.53 Å². The van der Waals surface area contributed by atoms with Crippen LogP contribution in [0.1, 0.15) is 25.0 Å². The van der Waals surface area contributed by atoms with Gasteiger partial charge in [0.2, 0.25) is 6.79 Å². The summed E-state index contributed by atoms with van der Waals surface area (Å²) in [6.07, 6.45) is -0.461. The minimum absolute atomic E-state index is 0.133. The average molecular weight is 250 g/mol. The number of benzene rings is 1. The minimum Gasteiger partial charge on any atom is -0.462 e. The Hall–Kier alpha value is -1.75. The average Bonchev–Trinajstić information content (AvgIpc) is 2.93. The van der Waals surface area contributed by atoms with Gasteiger partial charge in [-0.2, -0.15) is 0 Å². The second-order valence-electron chi connectivity index (χ2n) is 4.65. The third-order valence-electron chi connectivity index (χ3n) is 3.33. The lowest BCUT2D eigenvalue weighted by molar-refractivity contribution is -0.146. The number of esters is 1. The first-order chi connectivity index (χ1) is 8.65. The highest BCUT2D eigenvalue weighted by Crippen LogP contribution is 2.38. The van der Waals surface area contributed by atoms with E-state index in [1.165, 1.54) is 0 Å². The molecule has 0 aromatic heterocycles. The smallest absolute Gasteiger partial charge is 0.312 e. The molecule has 5 nitrogen and oxygen atoms in total. The van der Waals surface area contributed by atoms with Gasteiger partial charge in [-0.25, -0.2) is 0 Å². The Labute approximate surface area is 104 Å². The van der Waals surface area contributed by atoms with Gasteiger partial charge >= 0.3 is 5.97 Å². The van der Waals surface area contributed by atoms with Crippen LogP contribution in [0.5, 0.6) is 11.5 Å². The molecule has 1 fully saturated rings. The Morgan fingerprint density at radius 3 is 2.83 bits per heavy atom. The van der Waals surface area contributed by atoms with Crippen molar-refractivity contribution in [2.45, 2.75) is 25.6 Å². The zero-order chi connectivity index (χ0) is 12.7. The van der Waals surface area contributed by atoms with Crippen LogP contribution in [0.3, 0.4) is 0 Å². The molecule has 3 rings (SSSR count). The van der Waals surface area contributed by atoms with Crippen molar-refractivity contribution in [2.75, 3.05) is 6.79 Å². The highest BCUT2D eigenvalue weighted by atomic mass is 16.7. The van der Waals surface area contributed by atoms with E-state index in [2.05, 4.69) is 0 Å². The molecule has 2 heterocycles. The van der Waals surface area contributed by atoms with Gasteiger partial charge in [-0.1, -0.05) is 6.07 Å². The lowest BCUT2D eigenvalue weighted by Crippen LogP contribution is -2.17. The molecule has 3 unspecified atom stereocenters. The molecule has 18 heavy (non-hydrogen) atoms. The molecule has 1 aromatic carbocycles.